The van der Waals surface area contributed by atoms with E-state index >= 15 is 0 Å². The Bertz CT molecular complexity index is 1110. The number of ether oxygens (including phenoxy) is 2. The van der Waals surface area contributed by atoms with Gasteiger partial charge in [-0.3, -0.25) is 14.9 Å². The third kappa shape index (κ3) is 5.69. The van der Waals surface area contributed by atoms with Crippen LogP contribution in [0.2, 0.25) is 0 Å². The molecule has 2 aromatic carbocycles. The second-order valence-electron chi connectivity index (χ2n) is 5.86. The van der Waals surface area contributed by atoms with Gasteiger partial charge in [-0.15, -0.1) is 0 Å². The van der Waals surface area contributed by atoms with Crippen LogP contribution in [0.3, 0.4) is 0 Å². The Hall–Kier alpha value is -4.21. The molecule has 1 N–H and O–H groups in total. The quantitative estimate of drug-likeness (QED) is 0.211. The van der Waals surface area contributed by atoms with Crippen molar-refractivity contribution in [1.82, 2.24) is 0 Å². The minimum atomic E-state index is -4.80. The Balaban J connectivity index is 2.51. The van der Waals surface area contributed by atoms with Gasteiger partial charge >= 0.3 is 12.8 Å². The van der Waals surface area contributed by atoms with E-state index in [-0.39, 0.29) is 5.75 Å². The third-order valence-corrected chi connectivity index (χ3v) is 3.87. The number of nitriles is 1. The maximum atomic E-state index is 13.1. The Kier molecular flexibility index (Phi) is 7.32. The minimum Gasteiger partial charge on any atom is -0.493 e. The van der Waals surface area contributed by atoms with Gasteiger partial charge in [-0.1, -0.05) is 12.1 Å². The molecule has 0 aliphatic rings. The molecule has 0 saturated heterocycles. The maximum Gasteiger partial charge on any atom is 0.418 e. The lowest BCUT2D eigenvalue weighted by Crippen LogP contribution is -2.17. The molecule has 0 aliphatic heterocycles. The van der Waals surface area contributed by atoms with Crippen molar-refractivity contribution in [3.63, 3.8) is 0 Å². The molecule has 0 unspecified atom stereocenters. The summed E-state index contributed by atoms with van der Waals surface area (Å²) in [6.45, 7) is -3.32. The summed E-state index contributed by atoms with van der Waals surface area (Å²) in [7, 11) is 1.05. The second kappa shape index (κ2) is 9.73. The van der Waals surface area contributed by atoms with Crippen LogP contribution in [0.1, 0.15) is 11.1 Å². The van der Waals surface area contributed by atoms with Gasteiger partial charge in [-0.2, -0.15) is 27.2 Å². The van der Waals surface area contributed by atoms with Crippen molar-refractivity contribution in [1.29, 1.82) is 5.26 Å². The molecule has 0 saturated carbocycles. The summed E-state index contributed by atoms with van der Waals surface area (Å²) in [4.78, 5) is 22.7. The average molecular weight is 457 g/mol. The lowest BCUT2D eigenvalue weighted by molar-refractivity contribution is -0.385. The number of hydrogen-bond acceptors (Lipinski definition) is 6. The number of amides is 1. The first kappa shape index (κ1) is 24.1. The zero-order chi connectivity index (χ0) is 24.1. The van der Waals surface area contributed by atoms with Crippen molar-refractivity contribution in [2.24, 2.45) is 0 Å². The van der Waals surface area contributed by atoms with Gasteiger partial charge in [0.1, 0.15) is 11.6 Å². The van der Waals surface area contributed by atoms with Gasteiger partial charge in [-0.25, -0.2) is 0 Å². The highest BCUT2D eigenvalue weighted by molar-refractivity contribution is 6.10. The van der Waals surface area contributed by atoms with E-state index in [4.69, 9.17) is 4.74 Å². The Morgan fingerprint density at radius 3 is 2.44 bits per heavy atom. The molecule has 0 aromatic heterocycles. The van der Waals surface area contributed by atoms with Crippen molar-refractivity contribution >= 4 is 23.4 Å². The fourth-order valence-corrected chi connectivity index (χ4v) is 2.52. The number of nitrogens with one attached hydrogen (secondary N) is 1. The molecule has 2 rings (SSSR count). The molecule has 13 heteroatoms. The predicted molar refractivity (Wildman–Crippen MR) is 99.9 cm³/mol. The molecule has 0 spiro atoms. The molecule has 0 radical (unpaired) electrons. The summed E-state index contributed by atoms with van der Waals surface area (Å²) in [6.07, 6.45) is -4.09. The summed E-state index contributed by atoms with van der Waals surface area (Å²) in [5.74, 6) is -2.33. The molecule has 1 amide bonds. The number of alkyl halides is 5. The number of rotatable bonds is 7. The van der Waals surface area contributed by atoms with E-state index in [0.29, 0.717) is 18.2 Å². The largest absolute Gasteiger partial charge is 0.493 e. The summed E-state index contributed by atoms with van der Waals surface area (Å²) in [5, 5.41) is 22.5. The van der Waals surface area contributed by atoms with E-state index in [0.717, 1.165) is 25.3 Å². The maximum absolute atomic E-state index is 13.1. The molecule has 0 heterocycles. The van der Waals surface area contributed by atoms with Crippen molar-refractivity contribution in [3.05, 3.63) is 63.2 Å². The standard InChI is InChI=1S/C19H12F5N3O5/c1-31-15-7-10(14(27(29)30)8-16(15)32-18(20)21)6-11(9-25)17(28)26-13-5-3-2-4-12(13)19(22,23)24/h2-8,18H,1H3,(H,26,28)/b11-6+. The van der Waals surface area contributed by atoms with E-state index < -0.39 is 57.4 Å². The van der Waals surface area contributed by atoms with Gasteiger partial charge in [0.25, 0.3) is 11.6 Å². The van der Waals surface area contributed by atoms with E-state index in [9.17, 15) is 42.1 Å². The molecule has 0 fully saturated rings. The predicted octanol–water partition coefficient (Wildman–Crippen LogP) is 4.77. The first-order valence-electron chi connectivity index (χ1n) is 8.38. The summed E-state index contributed by atoms with van der Waals surface area (Å²) in [5.41, 5.74) is -3.85. The smallest absolute Gasteiger partial charge is 0.418 e. The number of hydrogen-bond donors (Lipinski definition) is 1. The van der Waals surface area contributed by atoms with Crippen molar-refractivity contribution in [3.8, 4) is 17.6 Å². The van der Waals surface area contributed by atoms with E-state index in [2.05, 4.69) is 4.74 Å². The van der Waals surface area contributed by atoms with Crippen LogP contribution in [0.25, 0.3) is 6.08 Å². The van der Waals surface area contributed by atoms with E-state index in [1.807, 2.05) is 5.32 Å². The van der Waals surface area contributed by atoms with Crippen LogP contribution in [0.5, 0.6) is 11.5 Å². The number of para-hydroxylation sites is 1. The van der Waals surface area contributed by atoms with Crippen LogP contribution in [-0.4, -0.2) is 24.6 Å². The second-order valence-corrected chi connectivity index (χ2v) is 5.86. The number of methoxy groups -OCH3 is 1. The molecule has 8 nitrogen and oxygen atoms in total. The van der Waals surface area contributed by atoms with Crippen molar-refractivity contribution in [2.45, 2.75) is 12.8 Å². The van der Waals surface area contributed by atoms with Gasteiger partial charge in [0, 0.05) is 0 Å². The number of nitrogens with zero attached hydrogens (tertiary/aromatic N) is 2. The first-order chi connectivity index (χ1) is 15.0. The molecule has 0 bridgehead atoms. The zero-order valence-electron chi connectivity index (χ0n) is 15.9. The van der Waals surface area contributed by atoms with Crippen LogP contribution in [-0.2, 0) is 11.0 Å². The molecule has 2 aromatic rings. The SMILES string of the molecule is COc1cc(/C=C(\C#N)C(=O)Nc2ccccc2C(F)(F)F)c([N+](=O)[O-])cc1OC(F)F. The molecule has 168 valence electrons. The van der Waals surface area contributed by atoms with Crippen LogP contribution in [0, 0.1) is 21.4 Å². The molecular weight excluding hydrogens is 445 g/mol. The van der Waals surface area contributed by atoms with Crippen molar-refractivity contribution in [2.75, 3.05) is 12.4 Å². The van der Waals surface area contributed by atoms with Gasteiger partial charge in [0.2, 0.25) is 0 Å². The van der Waals surface area contributed by atoms with Crippen LogP contribution in [0.4, 0.5) is 33.3 Å². The monoisotopic (exact) mass is 457 g/mol. The lowest BCUT2D eigenvalue weighted by atomic mass is 10.1. The van der Waals surface area contributed by atoms with Crippen LogP contribution < -0.4 is 14.8 Å². The summed E-state index contributed by atoms with van der Waals surface area (Å²) >= 11 is 0. The first-order valence-corrected chi connectivity index (χ1v) is 8.38. The van der Waals surface area contributed by atoms with Gasteiger partial charge in [0.15, 0.2) is 11.5 Å². The van der Waals surface area contributed by atoms with Gasteiger partial charge < -0.3 is 14.8 Å². The minimum absolute atomic E-state index is 0.373. The summed E-state index contributed by atoms with van der Waals surface area (Å²) in [6, 6.07) is 6.88. The highest BCUT2D eigenvalue weighted by Crippen LogP contribution is 2.37. The summed E-state index contributed by atoms with van der Waals surface area (Å²) < 4.78 is 73.3. The number of benzene rings is 2. The number of nitro benzene ring substituents is 1. The molecule has 0 atom stereocenters. The number of halogens is 5. The molecule has 0 aliphatic carbocycles. The fourth-order valence-electron chi connectivity index (χ4n) is 2.52. The Morgan fingerprint density at radius 1 is 1.25 bits per heavy atom. The van der Waals surface area contributed by atoms with Gasteiger partial charge in [0.05, 0.1) is 34.9 Å². The Morgan fingerprint density at radius 2 is 1.91 bits per heavy atom. The highest BCUT2D eigenvalue weighted by atomic mass is 19.4. The van der Waals surface area contributed by atoms with Crippen molar-refractivity contribution < 1.29 is 41.1 Å². The number of carbonyl (C=O) groups excluding carboxylic acids is 1. The van der Waals surface area contributed by atoms with Crippen LogP contribution >= 0.6 is 0 Å². The zero-order valence-corrected chi connectivity index (χ0v) is 15.9. The van der Waals surface area contributed by atoms with E-state index in [1.54, 1.807) is 0 Å². The van der Waals surface area contributed by atoms with Gasteiger partial charge in [-0.05, 0) is 24.3 Å². The topological polar surface area (TPSA) is 114 Å². The lowest BCUT2D eigenvalue weighted by Gasteiger charge is -2.13. The Labute approximate surface area is 176 Å². The van der Waals surface area contributed by atoms with Crippen LogP contribution in [0.15, 0.2) is 42.0 Å². The number of carbonyl (C=O) groups is 1. The van der Waals surface area contributed by atoms with E-state index in [1.165, 1.54) is 12.1 Å². The normalized spacial score (nSPS) is 11.6. The fraction of sp³-hybridized carbons (Fsp3) is 0.158. The average Bonchev–Trinajstić information content (AvgIpc) is 2.71. The number of nitro groups is 1. The molecule has 32 heavy (non-hydrogen) atoms. The highest BCUT2D eigenvalue weighted by Gasteiger charge is 2.33. The third-order valence-electron chi connectivity index (χ3n) is 3.87. The number of anilines is 1. The molecular formula is C19H12F5N3O5.